The molecular formula is C22H33IN6O. The molecule has 2 aromatic rings. The Morgan fingerprint density at radius 1 is 1.03 bits per heavy atom. The molecular weight excluding hydrogens is 491 g/mol. The van der Waals surface area contributed by atoms with Gasteiger partial charge >= 0.3 is 0 Å². The van der Waals surface area contributed by atoms with E-state index < -0.39 is 0 Å². The summed E-state index contributed by atoms with van der Waals surface area (Å²) in [6, 6.07) is 13.9. The lowest BCUT2D eigenvalue weighted by atomic mass is 10.2. The van der Waals surface area contributed by atoms with E-state index in [1.807, 2.05) is 13.0 Å². The predicted molar refractivity (Wildman–Crippen MR) is 135 cm³/mol. The second-order valence-electron chi connectivity index (χ2n) is 6.45. The molecule has 0 radical (unpaired) electrons. The summed E-state index contributed by atoms with van der Waals surface area (Å²) >= 11 is 0. The summed E-state index contributed by atoms with van der Waals surface area (Å²) in [5, 5.41) is 9.37. The number of anilines is 1. The van der Waals surface area contributed by atoms with Gasteiger partial charge in [0.05, 0.1) is 5.56 Å². The first-order chi connectivity index (χ1) is 14.2. The van der Waals surface area contributed by atoms with Crippen molar-refractivity contribution in [1.82, 2.24) is 20.9 Å². The number of pyridine rings is 1. The van der Waals surface area contributed by atoms with Crippen LogP contribution < -0.4 is 20.9 Å². The molecule has 0 aliphatic heterocycles. The lowest BCUT2D eigenvalue weighted by Crippen LogP contribution is -2.41. The highest BCUT2D eigenvalue weighted by Crippen LogP contribution is 2.12. The van der Waals surface area contributed by atoms with Crippen molar-refractivity contribution in [3.05, 3.63) is 60.4 Å². The third kappa shape index (κ3) is 9.43. The van der Waals surface area contributed by atoms with Gasteiger partial charge in [0.2, 0.25) is 0 Å². The van der Waals surface area contributed by atoms with Crippen LogP contribution in [0.25, 0.3) is 0 Å². The van der Waals surface area contributed by atoms with E-state index >= 15 is 0 Å². The van der Waals surface area contributed by atoms with Crippen molar-refractivity contribution in [2.45, 2.75) is 20.3 Å². The Hall–Kier alpha value is -2.36. The number of carbonyl (C=O) groups is 1. The number of guanidine groups is 1. The third-order valence-electron chi connectivity index (χ3n) is 4.33. The van der Waals surface area contributed by atoms with Crippen LogP contribution in [0.1, 0.15) is 30.6 Å². The highest BCUT2D eigenvalue weighted by atomic mass is 127. The van der Waals surface area contributed by atoms with Crippen molar-refractivity contribution in [3.8, 4) is 0 Å². The second kappa shape index (κ2) is 15.5. The maximum absolute atomic E-state index is 12.0. The number of benzene rings is 1. The predicted octanol–water partition coefficient (Wildman–Crippen LogP) is 2.90. The van der Waals surface area contributed by atoms with E-state index in [0.29, 0.717) is 18.7 Å². The smallest absolute Gasteiger partial charge is 0.252 e. The van der Waals surface area contributed by atoms with E-state index in [2.05, 4.69) is 62.0 Å². The molecule has 7 nitrogen and oxygen atoms in total. The van der Waals surface area contributed by atoms with Gasteiger partial charge in [0.25, 0.3) is 5.91 Å². The summed E-state index contributed by atoms with van der Waals surface area (Å²) in [6.07, 6.45) is 4.18. The van der Waals surface area contributed by atoms with E-state index in [-0.39, 0.29) is 29.9 Å². The number of amides is 1. The highest BCUT2D eigenvalue weighted by Gasteiger charge is 2.05. The van der Waals surface area contributed by atoms with Gasteiger partial charge in [-0.15, -0.1) is 24.0 Å². The van der Waals surface area contributed by atoms with E-state index in [1.165, 1.54) is 5.69 Å². The Morgan fingerprint density at radius 3 is 2.47 bits per heavy atom. The Balaban J connectivity index is 0.00000450. The normalized spacial score (nSPS) is 10.7. The van der Waals surface area contributed by atoms with Gasteiger partial charge in [-0.2, -0.15) is 0 Å². The lowest BCUT2D eigenvalue weighted by Gasteiger charge is -2.22. The van der Waals surface area contributed by atoms with Crippen molar-refractivity contribution in [2.24, 2.45) is 4.99 Å². The summed E-state index contributed by atoms with van der Waals surface area (Å²) in [4.78, 5) is 22.9. The number of nitrogens with zero attached hydrogens (tertiary/aromatic N) is 3. The highest BCUT2D eigenvalue weighted by molar-refractivity contribution is 14.0. The number of aliphatic imine (C=N–C) groups is 1. The van der Waals surface area contributed by atoms with Crippen LogP contribution in [0.3, 0.4) is 0 Å². The molecule has 164 valence electrons. The van der Waals surface area contributed by atoms with E-state index in [4.69, 9.17) is 0 Å². The Labute approximate surface area is 196 Å². The standard InChI is InChI=1S/C22H32N6O.HI/c1-3-24-22(27-16-15-25-21(29)19-10-8-13-23-18-19)26-14-9-17-28(4-2)20-11-6-5-7-12-20;/h5-8,10-13,18H,3-4,9,14-17H2,1-2H3,(H,25,29)(H2,24,26,27);1H. The number of hydrogen-bond acceptors (Lipinski definition) is 4. The summed E-state index contributed by atoms with van der Waals surface area (Å²) in [7, 11) is 0. The lowest BCUT2D eigenvalue weighted by molar-refractivity contribution is 0.0954. The van der Waals surface area contributed by atoms with Gasteiger partial charge in [0.15, 0.2) is 5.96 Å². The molecule has 0 unspecified atom stereocenters. The van der Waals surface area contributed by atoms with E-state index in [9.17, 15) is 4.79 Å². The Bertz CT molecular complexity index is 742. The third-order valence-corrected chi connectivity index (χ3v) is 4.33. The first-order valence-electron chi connectivity index (χ1n) is 10.2. The zero-order chi connectivity index (χ0) is 20.7. The first-order valence-corrected chi connectivity index (χ1v) is 10.2. The van der Waals surface area contributed by atoms with Crippen LogP contribution >= 0.6 is 24.0 Å². The average molecular weight is 524 g/mol. The van der Waals surface area contributed by atoms with Crippen molar-refractivity contribution in [2.75, 3.05) is 44.2 Å². The summed E-state index contributed by atoms with van der Waals surface area (Å²) in [5.74, 6) is 0.647. The molecule has 1 aromatic heterocycles. The van der Waals surface area contributed by atoms with Crippen LogP contribution in [0.4, 0.5) is 5.69 Å². The molecule has 8 heteroatoms. The van der Waals surface area contributed by atoms with Crippen LogP contribution in [-0.2, 0) is 0 Å². The molecule has 0 aliphatic rings. The molecule has 0 fully saturated rings. The molecule has 1 aromatic carbocycles. The summed E-state index contributed by atoms with van der Waals surface area (Å²) in [5.41, 5.74) is 1.81. The molecule has 0 atom stereocenters. The fraction of sp³-hybridized carbons (Fsp3) is 0.409. The zero-order valence-electron chi connectivity index (χ0n) is 17.8. The number of hydrogen-bond donors (Lipinski definition) is 3. The van der Waals surface area contributed by atoms with Gasteiger partial charge < -0.3 is 20.9 Å². The number of nitrogens with one attached hydrogen (secondary N) is 3. The maximum atomic E-state index is 12.0. The van der Waals surface area contributed by atoms with Gasteiger partial charge in [0.1, 0.15) is 0 Å². The molecule has 3 N–H and O–H groups in total. The van der Waals surface area contributed by atoms with E-state index in [0.717, 1.165) is 38.6 Å². The Morgan fingerprint density at radius 2 is 1.80 bits per heavy atom. The molecule has 0 saturated carbocycles. The van der Waals surface area contributed by atoms with Crippen LogP contribution in [-0.4, -0.2) is 56.1 Å². The quantitative estimate of drug-likeness (QED) is 0.182. The number of halogens is 1. The second-order valence-corrected chi connectivity index (χ2v) is 6.45. The van der Waals surface area contributed by atoms with Crippen molar-refractivity contribution >= 4 is 41.5 Å². The topological polar surface area (TPSA) is 81.7 Å². The molecule has 0 saturated heterocycles. The van der Waals surface area contributed by atoms with Crippen molar-refractivity contribution < 1.29 is 4.79 Å². The first kappa shape index (κ1) is 25.7. The van der Waals surface area contributed by atoms with Gasteiger partial charge in [-0.05, 0) is 44.5 Å². The summed E-state index contributed by atoms with van der Waals surface area (Å²) < 4.78 is 0. The van der Waals surface area contributed by atoms with Gasteiger partial charge in [-0.25, -0.2) is 0 Å². The van der Waals surface area contributed by atoms with Crippen LogP contribution in [0.5, 0.6) is 0 Å². The number of aromatic nitrogens is 1. The van der Waals surface area contributed by atoms with Crippen LogP contribution in [0.15, 0.2) is 59.9 Å². The molecule has 0 aliphatic carbocycles. The zero-order valence-corrected chi connectivity index (χ0v) is 20.1. The SMILES string of the molecule is CCNC(=NCCCN(CC)c1ccccc1)NCCNC(=O)c1cccnc1.I. The maximum Gasteiger partial charge on any atom is 0.252 e. The minimum absolute atomic E-state index is 0. The minimum atomic E-state index is -0.123. The van der Waals surface area contributed by atoms with Gasteiger partial charge in [-0.1, -0.05) is 18.2 Å². The number of rotatable bonds is 11. The van der Waals surface area contributed by atoms with Gasteiger partial charge in [0, 0.05) is 57.3 Å². The molecule has 30 heavy (non-hydrogen) atoms. The van der Waals surface area contributed by atoms with Crippen LogP contribution in [0, 0.1) is 0 Å². The van der Waals surface area contributed by atoms with Gasteiger partial charge in [-0.3, -0.25) is 14.8 Å². The fourth-order valence-corrected chi connectivity index (χ4v) is 2.86. The fourth-order valence-electron chi connectivity index (χ4n) is 2.86. The molecule has 0 bridgehead atoms. The number of para-hydroxylation sites is 1. The average Bonchev–Trinajstić information content (AvgIpc) is 2.77. The largest absolute Gasteiger partial charge is 0.372 e. The molecule has 1 heterocycles. The minimum Gasteiger partial charge on any atom is -0.372 e. The van der Waals surface area contributed by atoms with Crippen LogP contribution in [0.2, 0.25) is 0 Å². The monoisotopic (exact) mass is 524 g/mol. The van der Waals surface area contributed by atoms with Crippen molar-refractivity contribution in [3.63, 3.8) is 0 Å². The molecule has 0 spiro atoms. The number of carbonyl (C=O) groups excluding carboxylic acids is 1. The molecule has 1 amide bonds. The Kier molecular flexibility index (Phi) is 13.2. The van der Waals surface area contributed by atoms with Crippen molar-refractivity contribution in [1.29, 1.82) is 0 Å². The molecule has 2 rings (SSSR count). The summed E-state index contributed by atoms with van der Waals surface area (Å²) in [6.45, 7) is 8.78. The van der Waals surface area contributed by atoms with E-state index in [1.54, 1.807) is 24.5 Å².